The van der Waals surface area contributed by atoms with Gasteiger partial charge in [0.25, 0.3) is 0 Å². The molecule has 0 N–H and O–H groups in total. The van der Waals surface area contributed by atoms with Gasteiger partial charge in [-0.2, -0.15) is 0 Å². The molecule has 0 amide bonds. The zero-order chi connectivity index (χ0) is 7.28. The van der Waals surface area contributed by atoms with Crippen LogP contribution >= 0.6 is 15.9 Å². The van der Waals surface area contributed by atoms with Crippen molar-refractivity contribution in [3.63, 3.8) is 0 Å². The van der Waals surface area contributed by atoms with Crippen LogP contribution in [0.1, 0.15) is 6.42 Å². The normalized spacial score (nSPS) is 12.7. The lowest BCUT2D eigenvalue weighted by molar-refractivity contribution is -0.140. The number of methoxy groups -OCH3 is 1. The average Bonchev–Trinajstić information content (AvgIpc) is 1.87. The number of esters is 1. The Kier molecular flexibility index (Phi) is 4.86. The molecule has 0 aliphatic heterocycles. The van der Waals surface area contributed by atoms with E-state index in [4.69, 9.17) is 0 Å². The number of hydrogen-bond donors (Lipinski definition) is 0. The second kappa shape index (κ2) is 4.85. The Morgan fingerprint density at radius 1 is 1.89 bits per heavy atom. The van der Waals surface area contributed by atoms with Crippen LogP contribution in [0, 0.1) is 0 Å². The summed E-state index contributed by atoms with van der Waals surface area (Å²) in [6.07, 6.45) is 0.840. The van der Waals surface area contributed by atoms with E-state index in [0.717, 1.165) is 11.8 Å². The van der Waals surface area contributed by atoms with E-state index in [9.17, 15) is 4.79 Å². The van der Waals surface area contributed by atoms with E-state index < -0.39 is 0 Å². The SMILES string of the molecule is BC(CCBr)C(=O)OC. The molecule has 9 heavy (non-hydrogen) atoms. The van der Waals surface area contributed by atoms with E-state index in [1.54, 1.807) is 0 Å². The van der Waals surface area contributed by atoms with Crippen molar-refractivity contribution >= 4 is 29.7 Å². The molecule has 0 heterocycles. The molecule has 4 heteroatoms. The summed E-state index contributed by atoms with van der Waals surface area (Å²) in [6.45, 7) is 0. The van der Waals surface area contributed by atoms with Crippen molar-refractivity contribution in [3.8, 4) is 0 Å². The van der Waals surface area contributed by atoms with E-state index >= 15 is 0 Å². The van der Waals surface area contributed by atoms with Gasteiger partial charge < -0.3 is 4.74 Å². The van der Waals surface area contributed by atoms with Gasteiger partial charge in [0, 0.05) is 11.1 Å². The van der Waals surface area contributed by atoms with Crippen LogP contribution in [-0.2, 0) is 9.53 Å². The second-order valence-corrected chi connectivity index (χ2v) is 2.69. The van der Waals surface area contributed by atoms with E-state index in [1.165, 1.54) is 7.11 Å². The van der Waals surface area contributed by atoms with Gasteiger partial charge in [-0.1, -0.05) is 15.9 Å². The zero-order valence-corrected chi connectivity index (χ0v) is 7.27. The molecular formula is C5H10BBrO2. The van der Waals surface area contributed by atoms with Gasteiger partial charge in [-0.3, -0.25) is 4.79 Å². The quantitative estimate of drug-likeness (QED) is 0.367. The van der Waals surface area contributed by atoms with Crippen LogP contribution in [-0.4, -0.2) is 26.3 Å². The van der Waals surface area contributed by atoms with Crippen molar-refractivity contribution < 1.29 is 9.53 Å². The molecule has 0 saturated carbocycles. The Morgan fingerprint density at radius 2 is 2.44 bits per heavy atom. The van der Waals surface area contributed by atoms with Gasteiger partial charge in [0.2, 0.25) is 0 Å². The molecule has 0 radical (unpaired) electrons. The topological polar surface area (TPSA) is 26.3 Å². The van der Waals surface area contributed by atoms with E-state index in [-0.39, 0.29) is 11.8 Å². The number of ether oxygens (including phenoxy) is 1. The first-order valence-electron chi connectivity index (χ1n) is 2.86. The molecule has 0 aromatic rings. The Hall–Kier alpha value is 0.0149. The van der Waals surface area contributed by atoms with Crippen LogP contribution in [0.2, 0.25) is 5.82 Å². The fourth-order valence-electron chi connectivity index (χ4n) is 0.483. The fraction of sp³-hybridized carbons (Fsp3) is 0.800. The maximum absolute atomic E-state index is 10.7. The first-order chi connectivity index (χ1) is 4.22. The van der Waals surface area contributed by atoms with Gasteiger partial charge in [0.05, 0.1) is 7.11 Å². The van der Waals surface area contributed by atoms with E-state index in [2.05, 4.69) is 20.7 Å². The standard InChI is InChI=1S/C5H10BBrO2/c1-9-5(8)4(6)2-3-7/h4H,2-3,6H2,1H3. The Bertz CT molecular complexity index is 97.0. The average molecular weight is 193 g/mol. The lowest BCUT2D eigenvalue weighted by Gasteiger charge is -2.04. The highest BCUT2D eigenvalue weighted by Crippen LogP contribution is 2.08. The summed E-state index contributed by atoms with van der Waals surface area (Å²) in [5.74, 6) is -0.108. The van der Waals surface area contributed by atoms with Crippen LogP contribution in [0.4, 0.5) is 0 Å². The summed E-state index contributed by atoms with van der Waals surface area (Å²) in [5, 5.41) is 0.850. The van der Waals surface area contributed by atoms with Gasteiger partial charge in [-0.15, -0.1) is 0 Å². The first kappa shape index (κ1) is 9.01. The lowest BCUT2D eigenvalue weighted by Crippen LogP contribution is -2.10. The molecule has 0 aliphatic carbocycles. The van der Waals surface area contributed by atoms with E-state index in [0.29, 0.717) is 0 Å². The smallest absolute Gasteiger partial charge is 0.300 e. The predicted molar refractivity (Wildman–Crippen MR) is 42.7 cm³/mol. The minimum Gasteiger partial charge on any atom is -0.469 e. The highest BCUT2D eigenvalue weighted by Gasteiger charge is 2.10. The summed E-state index contributed by atoms with van der Waals surface area (Å²) in [4.78, 5) is 10.7. The molecule has 52 valence electrons. The summed E-state index contributed by atoms with van der Waals surface area (Å²) >= 11 is 3.24. The minimum absolute atomic E-state index is 0.0226. The van der Waals surface area contributed by atoms with Crippen LogP contribution in [0.25, 0.3) is 0 Å². The number of halogens is 1. The number of hydrogen-bond acceptors (Lipinski definition) is 2. The van der Waals surface area contributed by atoms with Crippen LogP contribution < -0.4 is 0 Å². The Morgan fingerprint density at radius 3 is 2.78 bits per heavy atom. The van der Waals surface area contributed by atoms with Crippen molar-refractivity contribution in [2.24, 2.45) is 0 Å². The molecule has 2 nitrogen and oxygen atoms in total. The Labute approximate surface area is 64.5 Å². The second-order valence-electron chi connectivity index (χ2n) is 1.90. The summed E-state index contributed by atoms with van der Waals surface area (Å²) in [6, 6.07) is 0. The number of carbonyl (C=O) groups is 1. The van der Waals surface area contributed by atoms with Crippen molar-refractivity contribution in [2.75, 3.05) is 12.4 Å². The summed E-state index contributed by atoms with van der Waals surface area (Å²) in [7, 11) is 3.26. The monoisotopic (exact) mass is 192 g/mol. The molecule has 1 atom stereocenters. The third-order valence-corrected chi connectivity index (χ3v) is 1.60. The predicted octanol–water partition coefficient (Wildman–Crippen LogP) is 0.366. The van der Waals surface area contributed by atoms with Crippen molar-refractivity contribution in [1.82, 2.24) is 0 Å². The number of rotatable bonds is 3. The van der Waals surface area contributed by atoms with E-state index in [1.807, 2.05) is 7.85 Å². The molecule has 1 unspecified atom stereocenters. The number of alkyl halides is 1. The van der Waals surface area contributed by atoms with Crippen LogP contribution in [0.15, 0.2) is 0 Å². The largest absolute Gasteiger partial charge is 0.469 e. The molecule has 0 spiro atoms. The molecular weight excluding hydrogens is 183 g/mol. The molecule has 0 aromatic heterocycles. The molecule has 0 fully saturated rings. The molecule has 0 saturated heterocycles. The van der Waals surface area contributed by atoms with Gasteiger partial charge in [0.1, 0.15) is 7.85 Å². The van der Waals surface area contributed by atoms with Crippen molar-refractivity contribution in [1.29, 1.82) is 0 Å². The van der Waals surface area contributed by atoms with Gasteiger partial charge in [0.15, 0.2) is 0 Å². The Balaban J connectivity index is 3.45. The maximum atomic E-state index is 10.7. The van der Waals surface area contributed by atoms with Crippen molar-refractivity contribution in [3.05, 3.63) is 0 Å². The van der Waals surface area contributed by atoms with Crippen LogP contribution in [0.5, 0.6) is 0 Å². The van der Waals surface area contributed by atoms with Gasteiger partial charge in [-0.05, 0) is 6.42 Å². The van der Waals surface area contributed by atoms with Crippen LogP contribution in [0.3, 0.4) is 0 Å². The highest BCUT2D eigenvalue weighted by atomic mass is 79.9. The summed E-state index contributed by atoms with van der Waals surface area (Å²) < 4.78 is 4.50. The number of carbonyl (C=O) groups excluding carboxylic acids is 1. The molecule has 0 rings (SSSR count). The third kappa shape index (κ3) is 3.57. The fourth-order valence-corrected chi connectivity index (χ4v) is 1.17. The van der Waals surface area contributed by atoms with Gasteiger partial charge in [-0.25, -0.2) is 0 Å². The lowest BCUT2D eigenvalue weighted by atomic mass is 9.85. The molecule has 0 bridgehead atoms. The molecule has 0 aromatic carbocycles. The summed E-state index contributed by atoms with van der Waals surface area (Å²) in [5.41, 5.74) is 0. The molecule has 0 aliphatic rings. The maximum Gasteiger partial charge on any atom is 0.300 e. The third-order valence-electron chi connectivity index (χ3n) is 1.15. The van der Waals surface area contributed by atoms with Crippen molar-refractivity contribution in [2.45, 2.75) is 12.2 Å². The highest BCUT2D eigenvalue weighted by molar-refractivity contribution is 9.09. The zero-order valence-electron chi connectivity index (χ0n) is 5.69. The van der Waals surface area contributed by atoms with Gasteiger partial charge >= 0.3 is 5.97 Å². The first-order valence-corrected chi connectivity index (χ1v) is 3.98. The minimum atomic E-state index is -0.130.